The van der Waals surface area contributed by atoms with Gasteiger partial charge in [0.2, 0.25) is 15.9 Å². The van der Waals surface area contributed by atoms with Crippen molar-refractivity contribution in [1.82, 2.24) is 9.21 Å². The fourth-order valence-corrected chi connectivity index (χ4v) is 7.08. The summed E-state index contributed by atoms with van der Waals surface area (Å²) in [6.45, 7) is 4.93. The summed E-state index contributed by atoms with van der Waals surface area (Å²) in [7, 11) is -3.13. The summed E-state index contributed by atoms with van der Waals surface area (Å²) in [4.78, 5) is 14.8. The maximum Gasteiger partial charge on any atom is 0.223 e. The Labute approximate surface area is 169 Å². The zero-order valence-electron chi connectivity index (χ0n) is 16.9. The lowest BCUT2D eigenvalue weighted by atomic mass is 9.73. The average Bonchev–Trinajstić information content (AvgIpc) is 3.31. The lowest BCUT2D eigenvalue weighted by molar-refractivity contribution is -0.130. The molecule has 0 radical (unpaired) electrons. The minimum Gasteiger partial charge on any atom is -0.343 e. The van der Waals surface area contributed by atoms with Crippen LogP contribution in [-0.4, -0.2) is 55.5 Å². The van der Waals surface area contributed by atoms with Crippen LogP contribution in [0.25, 0.3) is 0 Å². The lowest BCUT2D eigenvalue weighted by Crippen LogP contribution is -2.45. The number of amides is 1. The van der Waals surface area contributed by atoms with Gasteiger partial charge in [-0.3, -0.25) is 4.79 Å². The second-order valence-corrected chi connectivity index (χ2v) is 10.9. The molecule has 1 amide bonds. The molecule has 2 aliphatic heterocycles. The molecule has 2 saturated heterocycles. The monoisotopic (exact) mass is 404 g/mol. The Morgan fingerprint density at radius 2 is 1.79 bits per heavy atom. The summed E-state index contributed by atoms with van der Waals surface area (Å²) in [5.41, 5.74) is 2.71. The topological polar surface area (TPSA) is 57.7 Å². The summed E-state index contributed by atoms with van der Waals surface area (Å²) >= 11 is 0. The van der Waals surface area contributed by atoms with Gasteiger partial charge < -0.3 is 4.90 Å². The lowest BCUT2D eigenvalue weighted by Gasteiger charge is -2.39. The van der Waals surface area contributed by atoms with Gasteiger partial charge in [-0.05, 0) is 61.0 Å². The Balaban J connectivity index is 1.51. The second kappa shape index (κ2) is 7.79. The predicted octanol–water partition coefficient (Wildman–Crippen LogP) is 3.26. The smallest absolute Gasteiger partial charge is 0.223 e. The van der Waals surface area contributed by atoms with E-state index in [1.54, 1.807) is 4.31 Å². The first-order chi connectivity index (χ1) is 13.5. The molecule has 1 unspecified atom stereocenters. The number of nitrogens with zero attached hydrogens (tertiary/aromatic N) is 2. The van der Waals surface area contributed by atoms with Gasteiger partial charge in [-0.2, -0.15) is 0 Å². The summed E-state index contributed by atoms with van der Waals surface area (Å²) in [5.74, 6) is 0.796. The van der Waals surface area contributed by atoms with E-state index in [0.29, 0.717) is 25.9 Å². The van der Waals surface area contributed by atoms with E-state index in [1.165, 1.54) is 11.1 Å². The van der Waals surface area contributed by atoms with Crippen LogP contribution in [0.4, 0.5) is 0 Å². The number of rotatable bonds is 5. The number of hydrogen-bond donors (Lipinski definition) is 0. The van der Waals surface area contributed by atoms with Gasteiger partial charge in [0.15, 0.2) is 0 Å². The molecular formula is C22H32N2O3S. The van der Waals surface area contributed by atoms with Crippen molar-refractivity contribution in [2.24, 2.45) is 0 Å². The number of carbonyl (C=O) groups is 1. The molecule has 1 aliphatic carbocycles. The summed E-state index contributed by atoms with van der Waals surface area (Å²) in [6.07, 6.45) is 6.21. The van der Waals surface area contributed by atoms with E-state index in [4.69, 9.17) is 0 Å². The highest BCUT2D eigenvalue weighted by Gasteiger charge is 2.47. The first-order valence-corrected chi connectivity index (χ1v) is 12.4. The van der Waals surface area contributed by atoms with Crippen molar-refractivity contribution in [1.29, 1.82) is 0 Å². The van der Waals surface area contributed by atoms with E-state index in [0.717, 1.165) is 45.2 Å². The Morgan fingerprint density at radius 3 is 2.46 bits per heavy atom. The zero-order chi connectivity index (χ0) is 19.8. The molecule has 1 aromatic carbocycles. The van der Waals surface area contributed by atoms with E-state index < -0.39 is 10.0 Å². The van der Waals surface area contributed by atoms with Crippen LogP contribution in [-0.2, 0) is 20.2 Å². The van der Waals surface area contributed by atoms with Crippen molar-refractivity contribution in [2.45, 2.75) is 63.2 Å². The first kappa shape index (κ1) is 19.9. The third kappa shape index (κ3) is 3.61. The molecule has 0 bridgehead atoms. The summed E-state index contributed by atoms with van der Waals surface area (Å²) in [5, 5.41) is 0. The van der Waals surface area contributed by atoms with Crippen LogP contribution in [0.1, 0.15) is 68.9 Å². The van der Waals surface area contributed by atoms with E-state index in [2.05, 4.69) is 24.3 Å². The van der Waals surface area contributed by atoms with E-state index in [9.17, 15) is 13.2 Å². The maximum atomic E-state index is 12.8. The number of hydrogen-bond acceptors (Lipinski definition) is 3. The van der Waals surface area contributed by atoms with Crippen molar-refractivity contribution < 1.29 is 13.2 Å². The van der Waals surface area contributed by atoms with Crippen molar-refractivity contribution in [3.05, 3.63) is 35.4 Å². The van der Waals surface area contributed by atoms with Gasteiger partial charge in [-0.1, -0.05) is 31.2 Å². The van der Waals surface area contributed by atoms with Gasteiger partial charge in [0.1, 0.15) is 0 Å². The van der Waals surface area contributed by atoms with Gasteiger partial charge >= 0.3 is 0 Å². The number of piperidine rings is 1. The van der Waals surface area contributed by atoms with E-state index >= 15 is 0 Å². The van der Waals surface area contributed by atoms with Gasteiger partial charge in [-0.25, -0.2) is 12.7 Å². The van der Waals surface area contributed by atoms with Gasteiger partial charge in [-0.15, -0.1) is 0 Å². The highest BCUT2D eigenvalue weighted by Crippen LogP contribution is 2.53. The van der Waals surface area contributed by atoms with Crippen LogP contribution in [0.15, 0.2) is 24.3 Å². The highest BCUT2D eigenvalue weighted by molar-refractivity contribution is 7.89. The highest BCUT2D eigenvalue weighted by atomic mass is 32.2. The summed E-state index contributed by atoms with van der Waals surface area (Å²) in [6, 6.07) is 8.57. The Morgan fingerprint density at radius 1 is 1.11 bits per heavy atom. The fourth-order valence-electron chi connectivity index (χ4n) is 5.57. The fraction of sp³-hybridized carbons (Fsp3) is 0.682. The Hall–Kier alpha value is -1.40. The molecule has 1 aromatic rings. The minimum absolute atomic E-state index is 0.0325. The molecule has 0 aromatic heterocycles. The van der Waals surface area contributed by atoms with Crippen LogP contribution < -0.4 is 0 Å². The van der Waals surface area contributed by atoms with Gasteiger partial charge in [0.05, 0.1) is 5.75 Å². The molecule has 1 atom stereocenters. The van der Waals surface area contributed by atoms with Crippen LogP contribution in [0.5, 0.6) is 0 Å². The molecule has 2 fully saturated rings. The van der Waals surface area contributed by atoms with E-state index in [-0.39, 0.29) is 23.0 Å². The van der Waals surface area contributed by atoms with Gasteiger partial charge in [0.25, 0.3) is 0 Å². The number of benzene rings is 1. The summed E-state index contributed by atoms with van der Waals surface area (Å²) < 4.78 is 26.6. The number of carbonyl (C=O) groups excluding carboxylic acids is 1. The number of sulfonamides is 1. The van der Waals surface area contributed by atoms with E-state index in [1.807, 2.05) is 11.8 Å². The number of likely N-dealkylation sites (tertiary alicyclic amines) is 1. The zero-order valence-corrected chi connectivity index (χ0v) is 17.7. The van der Waals surface area contributed by atoms with Crippen molar-refractivity contribution in [3.63, 3.8) is 0 Å². The third-order valence-corrected chi connectivity index (χ3v) is 9.10. The van der Waals surface area contributed by atoms with Crippen molar-refractivity contribution in [3.8, 4) is 0 Å². The molecular weight excluding hydrogens is 372 g/mol. The average molecular weight is 405 g/mol. The molecule has 28 heavy (non-hydrogen) atoms. The quantitative estimate of drug-likeness (QED) is 0.757. The largest absolute Gasteiger partial charge is 0.343 e. The minimum atomic E-state index is -3.13. The molecule has 3 aliphatic rings. The molecule has 2 heterocycles. The standard InChI is InChI=1S/C22H32N2O3S/c1-2-15-28(26,27)24-13-9-22(10-14-24)17-18(19-7-3-4-8-20(19)22)16-21(25)23-11-5-6-12-23/h3-4,7-8,18H,2,5-6,9-17H2,1H3. The molecule has 0 saturated carbocycles. The van der Waals surface area contributed by atoms with Crippen LogP contribution in [0.3, 0.4) is 0 Å². The predicted molar refractivity (Wildman–Crippen MR) is 111 cm³/mol. The van der Waals surface area contributed by atoms with Crippen LogP contribution in [0, 0.1) is 0 Å². The first-order valence-electron chi connectivity index (χ1n) is 10.8. The van der Waals surface area contributed by atoms with Crippen molar-refractivity contribution >= 4 is 15.9 Å². The Bertz CT molecular complexity index is 822. The van der Waals surface area contributed by atoms with Crippen LogP contribution >= 0.6 is 0 Å². The third-order valence-electron chi connectivity index (χ3n) is 7.02. The van der Waals surface area contributed by atoms with Crippen LogP contribution in [0.2, 0.25) is 0 Å². The maximum absolute atomic E-state index is 12.8. The molecule has 154 valence electrons. The normalized spacial score (nSPS) is 24.6. The van der Waals surface area contributed by atoms with Crippen molar-refractivity contribution in [2.75, 3.05) is 31.9 Å². The SMILES string of the molecule is CCCS(=O)(=O)N1CCC2(CC1)CC(CC(=O)N1CCCC1)c1ccccc12. The molecule has 6 heteroatoms. The number of fused-ring (bicyclic) bond motifs is 2. The van der Waals surface area contributed by atoms with Gasteiger partial charge in [0, 0.05) is 32.6 Å². The molecule has 5 nitrogen and oxygen atoms in total. The molecule has 4 rings (SSSR count). The molecule has 1 spiro atoms. The Kier molecular flexibility index (Phi) is 5.53. The second-order valence-electron chi connectivity index (χ2n) is 8.78. The molecule has 0 N–H and O–H groups in total.